The van der Waals surface area contributed by atoms with Crippen LogP contribution in [0.15, 0.2) is 89.9 Å². The summed E-state index contributed by atoms with van der Waals surface area (Å²) in [4.78, 5) is 39.8. The molecule has 3 aromatic carbocycles. The predicted molar refractivity (Wildman–Crippen MR) is 135 cm³/mol. The van der Waals surface area contributed by atoms with Crippen LogP contribution >= 0.6 is 0 Å². The zero-order chi connectivity index (χ0) is 25.3. The Morgan fingerprint density at radius 2 is 1.64 bits per heavy atom. The first kappa shape index (κ1) is 23.2. The van der Waals surface area contributed by atoms with Gasteiger partial charge in [0.25, 0.3) is 11.5 Å². The number of nitrogens with one attached hydrogen (secondary N) is 2. The Labute approximate surface area is 207 Å². The van der Waals surface area contributed by atoms with Crippen LogP contribution in [-0.4, -0.2) is 35.7 Å². The lowest BCUT2D eigenvalue weighted by Gasteiger charge is -2.37. The maximum Gasteiger partial charge on any atom is 0.264 e. The molecule has 1 aromatic heterocycles. The van der Waals surface area contributed by atoms with Crippen LogP contribution in [0.5, 0.6) is 11.5 Å². The third-order valence-electron chi connectivity index (χ3n) is 6.72. The fourth-order valence-corrected chi connectivity index (χ4v) is 5.06. The Morgan fingerprint density at radius 1 is 0.917 bits per heavy atom. The molecule has 8 heteroatoms. The van der Waals surface area contributed by atoms with Gasteiger partial charge in [-0.15, -0.1) is 0 Å². The van der Waals surface area contributed by atoms with Crippen LogP contribution in [0.2, 0.25) is 0 Å². The number of rotatable bonds is 8. The molecule has 2 atom stereocenters. The average molecular weight is 484 g/mol. The van der Waals surface area contributed by atoms with Gasteiger partial charge in [-0.3, -0.25) is 24.2 Å². The molecule has 2 N–H and O–H groups in total. The number of methoxy groups -OCH3 is 2. The normalized spacial score (nSPS) is 17.2. The summed E-state index contributed by atoms with van der Waals surface area (Å²) in [7, 11) is 3.07. The van der Waals surface area contributed by atoms with Crippen molar-refractivity contribution in [2.45, 2.75) is 17.9 Å². The highest BCUT2D eigenvalue weighted by Gasteiger charge is 2.55. The number of hydrogen-bond acceptors (Lipinski definition) is 5. The van der Waals surface area contributed by atoms with Crippen LogP contribution in [0.3, 0.4) is 0 Å². The predicted octanol–water partition coefficient (Wildman–Crippen LogP) is 3.95. The second-order valence-corrected chi connectivity index (χ2v) is 8.59. The summed E-state index contributed by atoms with van der Waals surface area (Å²) in [6.45, 7) is 0. The lowest BCUT2D eigenvalue weighted by molar-refractivity contribution is -0.123. The van der Waals surface area contributed by atoms with Gasteiger partial charge in [0.2, 0.25) is 0 Å². The standard InChI is InChI=1S/C28H25N3O5/c1-35-24-13-12-19(16-25(24)36-2)21(17-23(32)18-8-4-3-5-9-18)28(31-15-14-26(33)30-31)20-10-6-7-11-22(20)29-27(28)34/h3-16,21H,17H2,1-2H3,(H,29,34)(H,30,33)/t21-,28+/m0/s1. The van der Waals surface area contributed by atoms with Gasteiger partial charge in [-0.05, 0) is 23.8 Å². The molecule has 0 bridgehead atoms. The first-order valence-corrected chi connectivity index (χ1v) is 11.5. The van der Waals surface area contributed by atoms with Gasteiger partial charge in [0.15, 0.2) is 22.8 Å². The van der Waals surface area contributed by atoms with E-state index < -0.39 is 11.5 Å². The number of nitrogens with zero attached hydrogens (tertiary/aromatic N) is 1. The first-order valence-electron chi connectivity index (χ1n) is 11.5. The van der Waals surface area contributed by atoms with Crippen molar-refractivity contribution in [3.05, 3.63) is 112 Å². The number of benzene rings is 3. The molecule has 8 nitrogen and oxygen atoms in total. The van der Waals surface area contributed by atoms with E-state index in [0.717, 1.165) is 0 Å². The molecule has 4 aromatic rings. The number of hydrogen-bond donors (Lipinski definition) is 2. The molecule has 1 amide bonds. The van der Waals surface area contributed by atoms with Gasteiger partial charge in [0, 0.05) is 41.4 Å². The highest BCUT2D eigenvalue weighted by molar-refractivity contribution is 6.08. The van der Waals surface area contributed by atoms with E-state index in [1.54, 1.807) is 55.8 Å². The van der Waals surface area contributed by atoms with Gasteiger partial charge in [0.1, 0.15) is 0 Å². The molecule has 182 valence electrons. The maximum atomic E-state index is 14.0. The topological polar surface area (TPSA) is 102 Å². The zero-order valence-electron chi connectivity index (χ0n) is 19.9. The third-order valence-corrected chi connectivity index (χ3v) is 6.72. The molecule has 5 rings (SSSR count). The molecule has 0 radical (unpaired) electrons. The Balaban J connectivity index is 1.78. The Bertz CT molecular complexity index is 1490. The number of carbonyl (C=O) groups excluding carboxylic acids is 2. The van der Waals surface area contributed by atoms with Crippen molar-refractivity contribution in [2.75, 3.05) is 19.5 Å². The van der Waals surface area contributed by atoms with Crippen LogP contribution in [-0.2, 0) is 10.3 Å². The summed E-state index contributed by atoms with van der Waals surface area (Å²) in [5, 5.41) is 5.74. The van der Waals surface area contributed by atoms with E-state index in [1.165, 1.54) is 17.9 Å². The molecule has 0 fully saturated rings. The second-order valence-electron chi connectivity index (χ2n) is 8.59. The smallest absolute Gasteiger partial charge is 0.264 e. The van der Waals surface area contributed by atoms with Crippen molar-refractivity contribution in [2.24, 2.45) is 0 Å². The summed E-state index contributed by atoms with van der Waals surface area (Å²) in [5.74, 6) is -0.210. The largest absolute Gasteiger partial charge is 0.493 e. The number of carbonyl (C=O) groups is 2. The minimum Gasteiger partial charge on any atom is -0.493 e. The molecule has 2 heterocycles. The van der Waals surface area contributed by atoms with Crippen molar-refractivity contribution in [3.63, 3.8) is 0 Å². The van der Waals surface area contributed by atoms with E-state index in [4.69, 9.17) is 9.47 Å². The van der Waals surface area contributed by atoms with Crippen molar-refractivity contribution >= 4 is 17.4 Å². The van der Waals surface area contributed by atoms with Crippen LogP contribution in [0, 0.1) is 0 Å². The first-order chi connectivity index (χ1) is 17.5. The number of ketones is 1. The maximum absolute atomic E-state index is 14.0. The highest BCUT2D eigenvalue weighted by Crippen LogP contribution is 2.50. The number of amides is 1. The zero-order valence-corrected chi connectivity index (χ0v) is 19.9. The molecule has 1 aliphatic rings. The summed E-state index contributed by atoms with van der Waals surface area (Å²) in [5.41, 5.74) is 0.692. The summed E-state index contributed by atoms with van der Waals surface area (Å²) < 4.78 is 12.5. The van der Waals surface area contributed by atoms with Crippen molar-refractivity contribution < 1.29 is 19.1 Å². The minimum absolute atomic E-state index is 0.0124. The van der Waals surface area contributed by atoms with Gasteiger partial charge in [-0.1, -0.05) is 54.6 Å². The Morgan fingerprint density at radius 3 is 2.33 bits per heavy atom. The highest BCUT2D eigenvalue weighted by atomic mass is 16.5. The molecule has 0 saturated carbocycles. The number of para-hydroxylation sites is 1. The van der Waals surface area contributed by atoms with Gasteiger partial charge < -0.3 is 14.8 Å². The fourth-order valence-electron chi connectivity index (χ4n) is 5.06. The molecule has 0 saturated heterocycles. The monoisotopic (exact) mass is 483 g/mol. The van der Waals surface area contributed by atoms with Crippen molar-refractivity contribution in [1.29, 1.82) is 0 Å². The summed E-state index contributed by atoms with van der Waals surface area (Å²) >= 11 is 0. The fraction of sp³-hybridized carbons (Fsp3) is 0.179. The van der Waals surface area contributed by atoms with Crippen molar-refractivity contribution in [3.8, 4) is 11.5 Å². The van der Waals surface area contributed by atoms with Crippen LogP contribution < -0.4 is 20.3 Å². The molecular weight excluding hydrogens is 458 g/mol. The number of ether oxygens (including phenoxy) is 2. The molecule has 0 unspecified atom stereocenters. The van der Waals surface area contributed by atoms with Crippen molar-refractivity contribution in [1.82, 2.24) is 9.78 Å². The lowest BCUT2D eigenvalue weighted by atomic mass is 9.72. The van der Waals surface area contributed by atoms with Gasteiger partial charge in [-0.2, -0.15) is 0 Å². The number of aromatic nitrogens is 2. The number of H-pyrrole nitrogens is 1. The second kappa shape index (κ2) is 9.22. The van der Waals surface area contributed by atoms with Gasteiger partial charge >= 0.3 is 0 Å². The minimum atomic E-state index is -1.44. The number of anilines is 1. The average Bonchev–Trinajstić information content (AvgIpc) is 3.47. The van der Waals surface area contributed by atoms with E-state index in [-0.39, 0.29) is 23.7 Å². The van der Waals surface area contributed by atoms with E-state index in [1.807, 2.05) is 30.3 Å². The third kappa shape index (κ3) is 3.67. The van der Waals surface area contributed by atoms with E-state index >= 15 is 0 Å². The Kier molecular flexibility index (Phi) is 5.93. The molecule has 0 spiro atoms. The van der Waals surface area contributed by atoms with Crippen LogP contribution in [0.4, 0.5) is 5.69 Å². The van der Waals surface area contributed by atoms with Gasteiger partial charge in [0.05, 0.1) is 14.2 Å². The quantitative estimate of drug-likeness (QED) is 0.370. The molecule has 0 aliphatic carbocycles. The number of Topliss-reactive ketones (excluding diaryl/α,β-unsaturated/α-hetero) is 1. The lowest BCUT2D eigenvalue weighted by Crippen LogP contribution is -2.48. The SMILES string of the molecule is COc1ccc([C@H](CC(=O)c2ccccc2)[C@@]2(n3ccc(=O)[nH]3)C(=O)Nc3ccccc32)cc1OC. The van der Waals surface area contributed by atoms with E-state index in [0.29, 0.717) is 33.9 Å². The number of fused-ring (bicyclic) bond motifs is 1. The van der Waals surface area contributed by atoms with Gasteiger partial charge in [-0.25, -0.2) is 0 Å². The van der Waals surface area contributed by atoms with E-state index in [9.17, 15) is 14.4 Å². The van der Waals surface area contributed by atoms with Crippen LogP contribution in [0.25, 0.3) is 0 Å². The summed E-state index contributed by atoms with van der Waals surface area (Å²) in [6.07, 6.45) is 1.53. The number of aromatic amines is 1. The molecule has 1 aliphatic heterocycles. The Hall–Kier alpha value is -4.59. The summed E-state index contributed by atoms with van der Waals surface area (Å²) in [6, 6.07) is 23.0. The van der Waals surface area contributed by atoms with Crippen LogP contribution in [0.1, 0.15) is 33.8 Å². The van der Waals surface area contributed by atoms with E-state index in [2.05, 4.69) is 10.4 Å². The molecular formula is C28H25N3O5. The molecule has 36 heavy (non-hydrogen) atoms.